The monoisotopic (exact) mass is 232 g/mol. The van der Waals surface area contributed by atoms with Crippen LogP contribution in [0.15, 0.2) is 12.2 Å². The summed E-state index contributed by atoms with van der Waals surface area (Å²) in [4.78, 5) is 0. The van der Waals surface area contributed by atoms with Gasteiger partial charge in [-0.2, -0.15) is 0 Å². The minimum atomic E-state index is -1.24. The molecule has 0 aromatic carbocycles. The highest BCUT2D eigenvalue weighted by molar-refractivity contribution is 5.00. The molecule has 0 saturated heterocycles. The fraction of sp³-hybridized carbons (Fsp3) is 0.833. The lowest BCUT2D eigenvalue weighted by Crippen LogP contribution is -2.43. The molecule has 4 atom stereocenters. The maximum atomic E-state index is 9.65. The summed E-state index contributed by atoms with van der Waals surface area (Å²) >= 11 is 0. The molecule has 0 fully saturated rings. The second-order valence-corrected chi connectivity index (χ2v) is 5.14. The molecule has 0 heterocycles. The lowest BCUT2D eigenvalue weighted by molar-refractivity contribution is -0.0982. The molecule has 0 unspecified atom stereocenters. The summed E-state index contributed by atoms with van der Waals surface area (Å²) in [5.41, 5.74) is -0.0709. The normalized spacial score (nSPS) is 20.8. The Morgan fingerprint density at radius 3 is 1.94 bits per heavy atom. The summed E-state index contributed by atoms with van der Waals surface area (Å²) in [6, 6.07) is 0. The molecule has 16 heavy (non-hydrogen) atoms. The van der Waals surface area contributed by atoms with Crippen molar-refractivity contribution in [2.24, 2.45) is 5.41 Å². The van der Waals surface area contributed by atoms with Gasteiger partial charge in [0.15, 0.2) is 0 Å². The zero-order valence-corrected chi connectivity index (χ0v) is 10.7. The second-order valence-electron chi connectivity index (χ2n) is 5.14. The van der Waals surface area contributed by atoms with Gasteiger partial charge < -0.3 is 20.1 Å². The van der Waals surface area contributed by atoms with Crippen LogP contribution in [-0.2, 0) is 4.74 Å². The highest BCUT2D eigenvalue weighted by Gasteiger charge is 2.27. The number of rotatable bonds is 5. The average Bonchev–Trinajstić information content (AvgIpc) is 2.21. The van der Waals surface area contributed by atoms with E-state index in [1.807, 2.05) is 20.8 Å². The third kappa shape index (κ3) is 5.61. The molecular formula is C12H24O4. The third-order valence-corrected chi connectivity index (χ3v) is 2.35. The molecule has 0 aliphatic heterocycles. The van der Waals surface area contributed by atoms with Gasteiger partial charge in [-0.05, 0) is 12.3 Å². The van der Waals surface area contributed by atoms with E-state index >= 15 is 0 Å². The van der Waals surface area contributed by atoms with E-state index in [9.17, 15) is 15.3 Å². The smallest absolute Gasteiger partial charge is 0.112 e. The average molecular weight is 232 g/mol. The molecule has 3 N–H and O–H groups in total. The minimum Gasteiger partial charge on any atom is -0.388 e. The van der Waals surface area contributed by atoms with Crippen molar-refractivity contribution in [1.82, 2.24) is 0 Å². The van der Waals surface area contributed by atoms with Gasteiger partial charge >= 0.3 is 0 Å². The Hall–Kier alpha value is -0.420. The Balaban J connectivity index is 4.39. The molecule has 0 rings (SSSR count). The van der Waals surface area contributed by atoms with Gasteiger partial charge in [0.05, 0.1) is 6.10 Å². The van der Waals surface area contributed by atoms with Gasteiger partial charge in [0.1, 0.15) is 18.3 Å². The number of aliphatic hydroxyl groups excluding tert-OH is 3. The van der Waals surface area contributed by atoms with Gasteiger partial charge in [-0.3, -0.25) is 0 Å². The van der Waals surface area contributed by atoms with Crippen LogP contribution in [0.3, 0.4) is 0 Å². The van der Waals surface area contributed by atoms with Crippen molar-refractivity contribution in [3.05, 3.63) is 12.2 Å². The quantitative estimate of drug-likeness (QED) is 0.610. The van der Waals surface area contributed by atoms with Crippen LogP contribution in [0.2, 0.25) is 0 Å². The second kappa shape index (κ2) is 6.35. The van der Waals surface area contributed by atoms with Crippen LogP contribution in [0.25, 0.3) is 0 Å². The van der Waals surface area contributed by atoms with E-state index in [0.717, 1.165) is 0 Å². The molecule has 0 amide bonds. The summed E-state index contributed by atoms with van der Waals surface area (Å²) < 4.78 is 4.88. The van der Waals surface area contributed by atoms with Crippen LogP contribution >= 0.6 is 0 Å². The van der Waals surface area contributed by atoms with Crippen molar-refractivity contribution >= 4 is 0 Å². The van der Waals surface area contributed by atoms with E-state index in [1.54, 1.807) is 13.0 Å². The minimum absolute atomic E-state index is 0.0709. The Morgan fingerprint density at radius 1 is 1.06 bits per heavy atom. The van der Waals surface area contributed by atoms with Crippen LogP contribution in [0.1, 0.15) is 27.7 Å². The zero-order valence-electron chi connectivity index (χ0n) is 10.7. The zero-order chi connectivity index (χ0) is 12.9. The highest BCUT2D eigenvalue weighted by atomic mass is 16.5. The van der Waals surface area contributed by atoms with Gasteiger partial charge in [-0.15, -0.1) is 0 Å². The van der Waals surface area contributed by atoms with E-state index < -0.39 is 24.4 Å². The van der Waals surface area contributed by atoms with Gasteiger partial charge in [-0.25, -0.2) is 0 Å². The number of hydrogen-bond donors (Lipinski definition) is 3. The van der Waals surface area contributed by atoms with E-state index in [0.29, 0.717) is 0 Å². The van der Waals surface area contributed by atoms with Gasteiger partial charge in [-0.1, -0.05) is 32.9 Å². The van der Waals surface area contributed by atoms with E-state index in [2.05, 4.69) is 0 Å². The van der Waals surface area contributed by atoms with Gasteiger partial charge in [0.2, 0.25) is 0 Å². The Labute approximate surface area is 97.6 Å². The summed E-state index contributed by atoms with van der Waals surface area (Å²) in [5, 5.41) is 28.9. The summed E-state index contributed by atoms with van der Waals surface area (Å²) in [6.07, 6.45) is -0.667. The summed E-state index contributed by atoms with van der Waals surface area (Å²) in [5.74, 6) is 0. The van der Waals surface area contributed by atoms with Crippen molar-refractivity contribution in [3.63, 3.8) is 0 Å². The number of allylic oxidation sites excluding steroid dienone is 1. The topological polar surface area (TPSA) is 69.9 Å². The van der Waals surface area contributed by atoms with Gasteiger partial charge in [0, 0.05) is 7.11 Å². The number of ether oxygens (including phenoxy) is 1. The van der Waals surface area contributed by atoms with Crippen molar-refractivity contribution in [3.8, 4) is 0 Å². The molecule has 0 bridgehead atoms. The lowest BCUT2D eigenvalue weighted by atomic mass is 9.94. The SMILES string of the molecule is CO[C@H](C)[C@H](O)[C@@H](O)[C@H](O)/C=C/C(C)(C)C. The first-order chi connectivity index (χ1) is 7.19. The molecule has 0 aromatic rings. The van der Waals surface area contributed by atoms with E-state index in [1.165, 1.54) is 13.2 Å². The van der Waals surface area contributed by atoms with Crippen LogP contribution in [0.5, 0.6) is 0 Å². The molecule has 4 nitrogen and oxygen atoms in total. The lowest BCUT2D eigenvalue weighted by Gasteiger charge is -2.25. The maximum Gasteiger partial charge on any atom is 0.112 e. The fourth-order valence-electron chi connectivity index (χ4n) is 1.12. The molecule has 0 aliphatic carbocycles. The molecular weight excluding hydrogens is 208 g/mol. The summed E-state index contributed by atoms with van der Waals surface area (Å²) in [6.45, 7) is 7.58. The van der Waals surface area contributed by atoms with E-state index in [4.69, 9.17) is 4.74 Å². The number of methoxy groups -OCH3 is 1. The molecule has 0 saturated carbocycles. The van der Waals surface area contributed by atoms with Crippen LogP contribution in [0.4, 0.5) is 0 Å². The van der Waals surface area contributed by atoms with Crippen molar-refractivity contribution < 1.29 is 20.1 Å². The van der Waals surface area contributed by atoms with Gasteiger partial charge in [0.25, 0.3) is 0 Å². The van der Waals surface area contributed by atoms with Crippen LogP contribution in [-0.4, -0.2) is 46.8 Å². The van der Waals surface area contributed by atoms with Crippen molar-refractivity contribution in [2.75, 3.05) is 7.11 Å². The third-order valence-electron chi connectivity index (χ3n) is 2.35. The van der Waals surface area contributed by atoms with Crippen LogP contribution < -0.4 is 0 Å². The Kier molecular flexibility index (Phi) is 6.18. The largest absolute Gasteiger partial charge is 0.388 e. The first-order valence-electron chi connectivity index (χ1n) is 5.45. The standard InChI is InChI=1S/C12H24O4/c1-8(16-5)10(14)11(15)9(13)6-7-12(2,3)4/h6-11,13-15H,1-5H3/b7-6+/t8-,9-,10+,11+/m1/s1. The van der Waals surface area contributed by atoms with Crippen LogP contribution in [0, 0.1) is 5.41 Å². The Morgan fingerprint density at radius 2 is 1.56 bits per heavy atom. The molecule has 96 valence electrons. The van der Waals surface area contributed by atoms with Crippen molar-refractivity contribution in [1.29, 1.82) is 0 Å². The molecule has 0 aromatic heterocycles. The first-order valence-corrected chi connectivity index (χ1v) is 5.45. The first kappa shape index (κ1) is 15.6. The highest BCUT2D eigenvalue weighted by Crippen LogP contribution is 2.16. The fourth-order valence-corrected chi connectivity index (χ4v) is 1.12. The Bertz CT molecular complexity index is 220. The molecule has 0 spiro atoms. The maximum absolute atomic E-state index is 9.65. The predicted octanol–water partition coefficient (Wildman–Crippen LogP) is 0.706. The molecule has 0 radical (unpaired) electrons. The summed E-state index contributed by atoms with van der Waals surface area (Å²) in [7, 11) is 1.44. The predicted molar refractivity (Wildman–Crippen MR) is 63.1 cm³/mol. The number of aliphatic hydroxyl groups is 3. The van der Waals surface area contributed by atoms with E-state index in [-0.39, 0.29) is 5.41 Å². The molecule has 0 aliphatic rings. The van der Waals surface area contributed by atoms with Crippen molar-refractivity contribution in [2.45, 2.75) is 52.1 Å². The molecule has 4 heteroatoms. The number of hydrogen-bond acceptors (Lipinski definition) is 4.